The van der Waals surface area contributed by atoms with Gasteiger partial charge in [0.05, 0.1) is 0 Å². The molecule has 0 atom stereocenters. The second-order valence-corrected chi connectivity index (χ2v) is 4.77. The maximum Gasteiger partial charge on any atom is 0.0198 e. The van der Waals surface area contributed by atoms with Crippen molar-refractivity contribution in [1.82, 2.24) is 0 Å². The Balaban J connectivity index is 2.46. The second-order valence-electron chi connectivity index (χ2n) is 2.58. The van der Waals surface area contributed by atoms with Gasteiger partial charge in [0, 0.05) is 14.4 Å². The van der Waals surface area contributed by atoms with Crippen molar-refractivity contribution in [2.45, 2.75) is 0 Å². The molecular formula is C10H9PSi. The summed E-state index contributed by atoms with van der Waals surface area (Å²) in [7, 11) is 1.75. The quantitative estimate of drug-likeness (QED) is 0.603. The first-order valence-corrected chi connectivity index (χ1v) is 6.23. The first kappa shape index (κ1) is 7.84. The monoisotopic (exact) mass is 188 g/mol. The van der Waals surface area contributed by atoms with Gasteiger partial charge in [0.25, 0.3) is 0 Å². The smallest absolute Gasteiger partial charge is 0.0198 e. The summed E-state index contributed by atoms with van der Waals surface area (Å²) in [6.45, 7) is 0. The molecule has 0 unspecified atom stereocenters. The lowest BCUT2D eigenvalue weighted by atomic mass is 10.2. The third-order valence-corrected chi connectivity index (χ3v) is 3.57. The van der Waals surface area contributed by atoms with Crippen LogP contribution >= 0.6 is 8.19 Å². The van der Waals surface area contributed by atoms with Crippen LogP contribution in [0.4, 0.5) is 0 Å². The zero-order valence-corrected chi connectivity index (χ0v) is 8.69. The van der Waals surface area contributed by atoms with E-state index in [1.807, 2.05) is 0 Å². The number of hydrogen-bond acceptors (Lipinski definition) is 0. The van der Waals surface area contributed by atoms with Gasteiger partial charge in [0.1, 0.15) is 0 Å². The second kappa shape index (κ2) is 3.75. The van der Waals surface area contributed by atoms with Crippen LogP contribution in [0.5, 0.6) is 0 Å². The Hall–Kier alpha value is -0.783. The van der Waals surface area contributed by atoms with Gasteiger partial charge in [0.15, 0.2) is 0 Å². The highest BCUT2D eigenvalue weighted by atomic mass is 31.0. The van der Waals surface area contributed by atoms with Crippen LogP contribution < -0.4 is 0 Å². The van der Waals surface area contributed by atoms with Crippen LogP contribution in [0.1, 0.15) is 0 Å². The number of rotatable bonds is 1. The summed E-state index contributed by atoms with van der Waals surface area (Å²) in [5.41, 5.74) is 5.93. The van der Waals surface area contributed by atoms with Crippen molar-refractivity contribution in [3.63, 3.8) is 0 Å². The minimum absolute atomic E-state index is 0.431. The third-order valence-electron chi connectivity index (χ3n) is 1.73. The molecule has 0 aliphatic rings. The van der Waals surface area contributed by atoms with E-state index < -0.39 is 0 Å². The highest BCUT2D eigenvalue weighted by molar-refractivity contribution is 7.33. The Bertz CT molecular complexity index is 307. The zero-order chi connectivity index (χ0) is 8.23. The predicted molar refractivity (Wildman–Crippen MR) is 57.1 cm³/mol. The molecule has 0 aliphatic carbocycles. The van der Waals surface area contributed by atoms with Crippen molar-refractivity contribution in [3.05, 3.63) is 47.5 Å². The first-order valence-electron chi connectivity index (χ1n) is 3.93. The molecule has 0 nitrogen and oxygen atoms in total. The lowest BCUT2D eigenvalue weighted by Gasteiger charge is -1.97. The Morgan fingerprint density at radius 3 is 2.50 bits per heavy atom. The summed E-state index contributed by atoms with van der Waals surface area (Å²) >= 11 is 0. The van der Waals surface area contributed by atoms with Crippen LogP contribution in [-0.2, 0) is 0 Å². The van der Waals surface area contributed by atoms with Crippen molar-refractivity contribution >= 4 is 17.3 Å². The fourth-order valence-corrected chi connectivity index (χ4v) is 2.72. The Labute approximate surface area is 76.1 Å². The van der Waals surface area contributed by atoms with Crippen LogP contribution in [0.3, 0.4) is 0 Å². The molecule has 0 aromatic carbocycles. The van der Waals surface area contributed by atoms with E-state index in [2.05, 4.69) is 47.5 Å². The van der Waals surface area contributed by atoms with Gasteiger partial charge >= 0.3 is 0 Å². The van der Waals surface area contributed by atoms with Gasteiger partial charge in [-0.15, -0.1) is 0 Å². The normalized spacial score (nSPS) is 10.3. The van der Waals surface area contributed by atoms with Gasteiger partial charge in [0.2, 0.25) is 0 Å². The summed E-state index contributed by atoms with van der Waals surface area (Å²) in [5, 5.41) is 1.41. The zero-order valence-electron chi connectivity index (χ0n) is 6.64. The molecule has 2 heteroatoms. The third kappa shape index (κ3) is 1.69. The number of hydrogen-bond donors (Lipinski definition) is 0. The topological polar surface area (TPSA) is 0 Å². The van der Waals surface area contributed by atoms with Crippen LogP contribution in [0.25, 0.3) is 10.9 Å². The minimum atomic E-state index is 0.431. The molecule has 0 spiro atoms. The molecule has 0 saturated carbocycles. The molecule has 0 N–H and O–H groups in total. The molecule has 0 saturated heterocycles. The van der Waals surface area contributed by atoms with Crippen molar-refractivity contribution in [3.8, 4) is 10.9 Å². The summed E-state index contributed by atoms with van der Waals surface area (Å²) in [6, 6.07) is 10.9. The lowest BCUT2D eigenvalue weighted by molar-refractivity contribution is 1.77. The van der Waals surface area contributed by atoms with E-state index in [-0.39, 0.29) is 0 Å². The summed E-state index contributed by atoms with van der Waals surface area (Å²) in [4.78, 5) is 0. The molecule has 0 aliphatic heterocycles. The van der Waals surface area contributed by atoms with Crippen molar-refractivity contribution in [2.24, 2.45) is 0 Å². The molecule has 12 heavy (non-hydrogen) atoms. The van der Waals surface area contributed by atoms with Crippen LogP contribution in [0.2, 0.25) is 0 Å². The fraction of sp³-hybridized carbons (Fsp3) is 0. The maximum atomic E-state index is 2.28. The molecule has 0 fully saturated rings. The van der Waals surface area contributed by atoms with E-state index in [0.717, 1.165) is 0 Å². The molecule has 0 radical (unpaired) electrons. The maximum absolute atomic E-state index is 2.28. The fourth-order valence-electron chi connectivity index (χ4n) is 1.14. The van der Waals surface area contributed by atoms with Crippen molar-refractivity contribution in [1.29, 1.82) is 0 Å². The minimum Gasteiger partial charge on any atom is -0.0799 e. The molecule has 0 amide bonds. The molecule has 2 aromatic rings. The van der Waals surface area contributed by atoms with Gasteiger partial charge < -0.3 is 0 Å². The standard InChI is InChI=1S/C10H9PSi/c1-2-6-11-10(3-1)9-4-7-12-8-5-9/h1-8,12H. The van der Waals surface area contributed by atoms with Gasteiger partial charge in [-0.1, -0.05) is 43.8 Å². The molecule has 58 valence electrons. The van der Waals surface area contributed by atoms with E-state index in [4.69, 9.17) is 0 Å². The molecule has 0 bridgehead atoms. The summed E-state index contributed by atoms with van der Waals surface area (Å²) in [5.74, 6) is 2.17. The van der Waals surface area contributed by atoms with Crippen molar-refractivity contribution in [2.75, 3.05) is 0 Å². The van der Waals surface area contributed by atoms with E-state index in [1.165, 1.54) is 19.1 Å². The van der Waals surface area contributed by atoms with E-state index in [9.17, 15) is 0 Å². The highest BCUT2D eigenvalue weighted by Crippen LogP contribution is 2.25. The summed E-state index contributed by atoms with van der Waals surface area (Å²) in [6.07, 6.45) is 0. The first-order chi connectivity index (χ1) is 5.97. The van der Waals surface area contributed by atoms with Gasteiger partial charge in [-0.25, -0.2) is 0 Å². The molecule has 2 rings (SSSR count). The van der Waals surface area contributed by atoms with Gasteiger partial charge in [-0.3, -0.25) is 0 Å². The molecular weight excluding hydrogens is 179 g/mol. The Kier molecular flexibility index (Phi) is 2.45. The van der Waals surface area contributed by atoms with E-state index in [0.29, 0.717) is 9.12 Å². The average Bonchev–Trinajstić information content (AvgIpc) is 2.21. The van der Waals surface area contributed by atoms with E-state index >= 15 is 0 Å². The molecule has 2 aromatic heterocycles. The Morgan fingerprint density at radius 1 is 1.00 bits per heavy atom. The van der Waals surface area contributed by atoms with Crippen LogP contribution in [0, 0.1) is 0 Å². The lowest BCUT2D eigenvalue weighted by Crippen LogP contribution is -1.73. The summed E-state index contributed by atoms with van der Waals surface area (Å²) < 4.78 is 0. The van der Waals surface area contributed by atoms with Gasteiger partial charge in [-0.2, -0.15) is 0 Å². The van der Waals surface area contributed by atoms with Gasteiger partial charge in [-0.05, 0) is 17.4 Å². The van der Waals surface area contributed by atoms with Crippen molar-refractivity contribution < 1.29 is 0 Å². The predicted octanol–water partition coefficient (Wildman–Crippen LogP) is 3.00. The average molecular weight is 188 g/mol. The van der Waals surface area contributed by atoms with E-state index in [1.54, 1.807) is 0 Å². The van der Waals surface area contributed by atoms with Crippen LogP contribution in [0.15, 0.2) is 47.5 Å². The molecule has 2 heterocycles. The highest BCUT2D eigenvalue weighted by Gasteiger charge is 1.92. The largest absolute Gasteiger partial charge is 0.0799 e. The Morgan fingerprint density at radius 2 is 1.83 bits per heavy atom. The SMILES string of the molecule is c1ccc(-c2cc[siH]cc2)pc1. The van der Waals surface area contributed by atoms with Crippen LogP contribution in [-0.4, -0.2) is 9.12 Å².